The Balaban J connectivity index is 2.91. The maximum absolute atomic E-state index is 11.9. The van der Waals surface area contributed by atoms with Gasteiger partial charge in [-0.05, 0) is 31.7 Å². The van der Waals surface area contributed by atoms with Crippen LogP contribution in [0.5, 0.6) is 0 Å². The molecule has 18 heavy (non-hydrogen) atoms. The summed E-state index contributed by atoms with van der Waals surface area (Å²) in [6, 6.07) is 4.86. The topological polar surface area (TPSA) is 84.2 Å². The third-order valence-electron chi connectivity index (χ3n) is 2.66. The lowest BCUT2D eigenvalue weighted by molar-refractivity contribution is 0.588. The lowest BCUT2D eigenvalue weighted by atomic mass is 10.2. The molecule has 0 aromatic heterocycles. The fourth-order valence-corrected chi connectivity index (χ4v) is 2.56. The minimum absolute atomic E-state index is 0.196. The quantitative estimate of drug-likeness (QED) is 0.521. The number of unbranched alkanes of at least 4 members (excludes halogenated alkanes) is 2. The SMILES string of the molecule is CCCCCNc1ccc(N)cc1S(=O)(=O)NC. The Labute approximate surface area is 109 Å². The molecule has 0 aliphatic carbocycles. The van der Waals surface area contributed by atoms with Crippen LogP contribution in [0.3, 0.4) is 0 Å². The monoisotopic (exact) mass is 271 g/mol. The van der Waals surface area contributed by atoms with Gasteiger partial charge in [-0.25, -0.2) is 13.1 Å². The van der Waals surface area contributed by atoms with Crippen LogP contribution in [0.1, 0.15) is 26.2 Å². The van der Waals surface area contributed by atoms with E-state index in [9.17, 15) is 8.42 Å². The van der Waals surface area contributed by atoms with Crippen LogP contribution < -0.4 is 15.8 Å². The molecule has 0 saturated heterocycles. The first kappa shape index (κ1) is 14.8. The number of hydrogen-bond acceptors (Lipinski definition) is 4. The molecule has 102 valence electrons. The largest absolute Gasteiger partial charge is 0.399 e. The van der Waals surface area contributed by atoms with Crippen LogP contribution in [0.2, 0.25) is 0 Å². The molecule has 0 spiro atoms. The predicted molar refractivity (Wildman–Crippen MR) is 75.1 cm³/mol. The summed E-state index contributed by atoms with van der Waals surface area (Å²) in [6.45, 7) is 2.88. The van der Waals surface area contributed by atoms with Crippen LogP contribution in [-0.2, 0) is 10.0 Å². The van der Waals surface area contributed by atoms with E-state index in [1.54, 1.807) is 12.1 Å². The van der Waals surface area contributed by atoms with Crippen molar-refractivity contribution >= 4 is 21.4 Å². The highest BCUT2D eigenvalue weighted by molar-refractivity contribution is 7.89. The van der Waals surface area contributed by atoms with Crippen molar-refractivity contribution in [3.8, 4) is 0 Å². The van der Waals surface area contributed by atoms with Gasteiger partial charge in [-0.15, -0.1) is 0 Å². The van der Waals surface area contributed by atoms with Crippen LogP contribution in [0.15, 0.2) is 23.1 Å². The van der Waals surface area contributed by atoms with Crippen LogP contribution in [0.25, 0.3) is 0 Å². The van der Waals surface area contributed by atoms with Crippen molar-refractivity contribution in [1.82, 2.24) is 4.72 Å². The molecule has 0 saturated carbocycles. The van der Waals surface area contributed by atoms with Gasteiger partial charge in [-0.2, -0.15) is 0 Å². The summed E-state index contributed by atoms with van der Waals surface area (Å²) in [5.74, 6) is 0. The van der Waals surface area contributed by atoms with E-state index in [0.717, 1.165) is 25.8 Å². The van der Waals surface area contributed by atoms with Crippen molar-refractivity contribution in [2.45, 2.75) is 31.1 Å². The zero-order chi connectivity index (χ0) is 13.6. The number of hydrogen-bond donors (Lipinski definition) is 3. The summed E-state index contributed by atoms with van der Waals surface area (Å²) in [6.07, 6.45) is 3.26. The maximum Gasteiger partial charge on any atom is 0.242 e. The molecule has 5 nitrogen and oxygen atoms in total. The van der Waals surface area contributed by atoms with Crippen molar-refractivity contribution < 1.29 is 8.42 Å². The Morgan fingerprint density at radius 3 is 2.61 bits per heavy atom. The average Bonchev–Trinajstić information content (AvgIpc) is 2.36. The fourth-order valence-electron chi connectivity index (χ4n) is 1.62. The minimum Gasteiger partial charge on any atom is -0.399 e. The van der Waals surface area contributed by atoms with Crippen molar-refractivity contribution in [2.75, 3.05) is 24.6 Å². The molecule has 1 rings (SSSR count). The highest BCUT2D eigenvalue weighted by Gasteiger charge is 2.16. The van der Waals surface area contributed by atoms with Gasteiger partial charge in [0, 0.05) is 12.2 Å². The van der Waals surface area contributed by atoms with E-state index in [1.807, 2.05) is 0 Å². The number of nitrogens with one attached hydrogen (secondary N) is 2. The Kier molecular flexibility index (Phi) is 5.43. The average molecular weight is 271 g/mol. The molecule has 0 atom stereocenters. The molecular weight excluding hydrogens is 250 g/mol. The highest BCUT2D eigenvalue weighted by atomic mass is 32.2. The van der Waals surface area contributed by atoms with Crippen molar-refractivity contribution in [1.29, 1.82) is 0 Å². The standard InChI is InChI=1S/C12H21N3O2S/c1-3-4-5-8-15-11-7-6-10(13)9-12(11)18(16,17)14-2/h6-7,9,14-15H,3-5,8,13H2,1-2H3. The van der Waals surface area contributed by atoms with Crippen LogP contribution in [0.4, 0.5) is 11.4 Å². The van der Waals surface area contributed by atoms with Crippen LogP contribution >= 0.6 is 0 Å². The number of benzene rings is 1. The number of nitrogen functional groups attached to an aromatic ring is 1. The molecule has 0 unspecified atom stereocenters. The van der Waals surface area contributed by atoms with E-state index in [1.165, 1.54) is 13.1 Å². The Hall–Kier alpha value is -1.27. The molecular formula is C12H21N3O2S. The molecule has 0 amide bonds. The zero-order valence-corrected chi connectivity index (χ0v) is 11.7. The van der Waals surface area contributed by atoms with Gasteiger partial charge in [0.2, 0.25) is 10.0 Å². The van der Waals surface area contributed by atoms with Crippen LogP contribution in [0, 0.1) is 0 Å². The second-order valence-electron chi connectivity index (χ2n) is 4.10. The summed E-state index contributed by atoms with van der Waals surface area (Å²) in [5.41, 5.74) is 6.66. The van der Waals surface area contributed by atoms with Gasteiger partial charge < -0.3 is 11.1 Å². The van der Waals surface area contributed by atoms with E-state index in [4.69, 9.17) is 5.73 Å². The molecule has 0 bridgehead atoms. The second kappa shape index (κ2) is 6.61. The van der Waals surface area contributed by atoms with Gasteiger partial charge in [0.25, 0.3) is 0 Å². The number of rotatable bonds is 7. The van der Waals surface area contributed by atoms with E-state index < -0.39 is 10.0 Å². The van der Waals surface area contributed by atoms with Crippen molar-refractivity contribution in [3.05, 3.63) is 18.2 Å². The predicted octanol–water partition coefficient (Wildman–Crippen LogP) is 1.78. The first-order chi connectivity index (χ1) is 8.51. The van der Waals surface area contributed by atoms with Gasteiger partial charge in [0.15, 0.2) is 0 Å². The first-order valence-electron chi connectivity index (χ1n) is 6.08. The normalized spacial score (nSPS) is 11.4. The fraction of sp³-hybridized carbons (Fsp3) is 0.500. The first-order valence-corrected chi connectivity index (χ1v) is 7.56. The Morgan fingerprint density at radius 1 is 1.28 bits per heavy atom. The second-order valence-corrected chi connectivity index (χ2v) is 5.95. The van der Waals surface area contributed by atoms with Crippen molar-refractivity contribution in [2.24, 2.45) is 0 Å². The van der Waals surface area contributed by atoms with Gasteiger partial charge in [0.1, 0.15) is 4.90 Å². The molecule has 6 heteroatoms. The molecule has 4 N–H and O–H groups in total. The van der Waals surface area contributed by atoms with Gasteiger partial charge >= 0.3 is 0 Å². The van der Waals surface area contributed by atoms with Crippen molar-refractivity contribution in [3.63, 3.8) is 0 Å². The molecule has 0 radical (unpaired) electrons. The smallest absolute Gasteiger partial charge is 0.242 e. The summed E-state index contributed by atoms with van der Waals surface area (Å²) in [7, 11) is -2.10. The lowest BCUT2D eigenvalue weighted by Crippen LogP contribution is -2.20. The van der Waals surface area contributed by atoms with Gasteiger partial charge in [-0.1, -0.05) is 19.8 Å². The van der Waals surface area contributed by atoms with Crippen LogP contribution in [-0.4, -0.2) is 22.0 Å². The van der Waals surface area contributed by atoms with E-state index >= 15 is 0 Å². The molecule has 1 aromatic carbocycles. The highest BCUT2D eigenvalue weighted by Crippen LogP contribution is 2.23. The lowest BCUT2D eigenvalue weighted by Gasteiger charge is -2.12. The maximum atomic E-state index is 11.9. The molecule has 1 aromatic rings. The number of nitrogens with two attached hydrogens (primary N) is 1. The third-order valence-corrected chi connectivity index (χ3v) is 4.11. The summed E-state index contributed by atoms with van der Waals surface area (Å²) in [5, 5.41) is 3.14. The molecule has 0 heterocycles. The van der Waals surface area contributed by atoms with E-state index in [0.29, 0.717) is 11.4 Å². The number of sulfonamides is 1. The third kappa shape index (κ3) is 3.89. The zero-order valence-electron chi connectivity index (χ0n) is 10.9. The van der Waals surface area contributed by atoms with Gasteiger partial charge in [0.05, 0.1) is 5.69 Å². The minimum atomic E-state index is -3.49. The molecule has 0 fully saturated rings. The van der Waals surface area contributed by atoms with Gasteiger partial charge in [-0.3, -0.25) is 0 Å². The Bertz CT molecular complexity index is 486. The Morgan fingerprint density at radius 2 is 2.00 bits per heavy atom. The van der Waals surface area contributed by atoms with E-state index in [-0.39, 0.29) is 4.90 Å². The summed E-state index contributed by atoms with van der Waals surface area (Å²) < 4.78 is 26.0. The molecule has 0 aliphatic heterocycles. The van der Waals surface area contributed by atoms with E-state index in [2.05, 4.69) is 17.0 Å². The summed E-state index contributed by atoms with van der Waals surface area (Å²) >= 11 is 0. The molecule has 0 aliphatic rings. The number of anilines is 2. The summed E-state index contributed by atoms with van der Waals surface area (Å²) in [4.78, 5) is 0.196.